The molecule has 0 radical (unpaired) electrons. The second-order valence-electron chi connectivity index (χ2n) is 1.92. The number of aldehydes is 1. The van der Waals surface area contributed by atoms with Gasteiger partial charge in [0, 0.05) is 6.42 Å². The molecule has 0 unspecified atom stereocenters. The van der Waals surface area contributed by atoms with E-state index >= 15 is 0 Å². The Labute approximate surface area is 69.3 Å². The Morgan fingerprint density at radius 2 is 2.45 bits per heavy atom. The van der Waals surface area contributed by atoms with Gasteiger partial charge in [0.2, 0.25) is 0 Å². The first kappa shape index (κ1) is 8.20. The predicted molar refractivity (Wildman–Crippen MR) is 43.6 cm³/mol. The van der Waals surface area contributed by atoms with E-state index in [9.17, 15) is 4.79 Å². The van der Waals surface area contributed by atoms with E-state index in [1.54, 1.807) is 11.8 Å². The van der Waals surface area contributed by atoms with Crippen molar-refractivity contribution >= 4 is 18.0 Å². The molecule has 0 aliphatic rings. The number of aromatic nitrogens is 2. The molecule has 4 heteroatoms. The van der Waals surface area contributed by atoms with Crippen molar-refractivity contribution in [1.29, 1.82) is 0 Å². The Hall–Kier alpha value is -0.900. The fourth-order valence-electron chi connectivity index (χ4n) is 0.686. The van der Waals surface area contributed by atoms with Crippen LogP contribution < -0.4 is 0 Å². The summed E-state index contributed by atoms with van der Waals surface area (Å²) in [6, 6.07) is 1.82. The van der Waals surface area contributed by atoms with Gasteiger partial charge in [0.25, 0.3) is 0 Å². The van der Waals surface area contributed by atoms with Gasteiger partial charge < -0.3 is 4.79 Å². The minimum Gasteiger partial charge on any atom is -0.303 e. The third-order valence-electron chi connectivity index (χ3n) is 1.20. The quantitative estimate of drug-likeness (QED) is 0.382. The summed E-state index contributed by atoms with van der Waals surface area (Å²) in [6.07, 6.45) is 4.63. The molecule has 0 saturated carbocycles. The Balaban J connectivity index is 2.82. The summed E-state index contributed by atoms with van der Waals surface area (Å²) in [5.74, 6) is 0. The molecule has 1 aromatic rings. The molecule has 58 valence electrons. The Morgan fingerprint density at radius 3 is 3.09 bits per heavy atom. The normalized spacial score (nSPS) is 9.55. The van der Waals surface area contributed by atoms with Gasteiger partial charge in [0.05, 0.1) is 10.7 Å². The zero-order valence-corrected chi connectivity index (χ0v) is 6.97. The van der Waals surface area contributed by atoms with Crippen LogP contribution in [0.15, 0.2) is 17.4 Å². The topological polar surface area (TPSA) is 42.9 Å². The van der Waals surface area contributed by atoms with Gasteiger partial charge in [-0.25, -0.2) is 9.97 Å². The number of nitrogens with zero attached hydrogens (tertiary/aromatic N) is 2. The van der Waals surface area contributed by atoms with Crippen LogP contribution in [0.5, 0.6) is 0 Å². The number of hydrogen-bond acceptors (Lipinski definition) is 4. The summed E-state index contributed by atoms with van der Waals surface area (Å²) in [6.45, 7) is 0. The number of rotatable bonds is 3. The molecule has 0 spiro atoms. The van der Waals surface area contributed by atoms with Crippen molar-refractivity contribution in [2.75, 3.05) is 6.26 Å². The van der Waals surface area contributed by atoms with Crippen LogP contribution in [0, 0.1) is 0 Å². The first-order valence-corrected chi connectivity index (χ1v) is 4.38. The largest absolute Gasteiger partial charge is 0.303 e. The van der Waals surface area contributed by atoms with Gasteiger partial charge >= 0.3 is 0 Å². The zero-order chi connectivity index (χ0) is 8.10. The van der Waals surface area contributed by atoms with Gasteiger partial charge in [0.15, 0.2) is 0 Å². The Morgan fingerprint density at radius 1 is 1.64 bits per heavy atom. The first-order chi connectivity index (χ1) is 5.36. The van der Waals surface area contributed by atoms with E-state index in [1.807, 2.05) is 12.3 Å². The number of carbonyl (C=O) groups is 1. The van der Waals surface area contributed by atoms with Crippen molar-refractivity contribution in [3.05, 3.63) is 18.1 Å². The second kappa shape index (κ2) is 4.08. The summed E-state index contributed by atoms with van der Waals surface area (Å²) in [7, 11) is 0. The van der Waals surface area contributed by atoms with E-state index in [-0.39, 0.29) is 0 Å². The summed E-state index contributed by atoms with van der Waals surface area (Å²) in [5.41, 5.74) is 0.777. The van der Waals surface area contributed by atoms with Crippen LogP contribution in [0.4, 0.5) is 0 Å². The van der Waals surface area contributed by atoms with Gasteiger partial charge in [-0.2, -0.15) is 0 Å². The van der Waals surface area contributed by atoms with Crippen molar-refractivity contribution in [3.8, 4) is 0 Å². The molecule has 0 amide bonds. The summed E-state index contributed by atoms with van der Waals surface area (Å²) >= 11 is 1.54. The van der Waals surface area contributed by atoms with Crippen LogP contribution in [-0.4, -0.2) is 22.5 Å². The van der Waals surface area contributed by atoms with Crippen molar-refractivity contribution in [2.45, 2.75) is 11.4 Å². The lowest BCUT2D eigenvalue weighted by molar-refractivity contribution is -0.107. The van der Waals surface area contributed by atoms with Crippen LogP contribution in [0.2, 0.25) is 0 Å². The summed E-state index contributed by atoms with van der Waals surface area (Å²) in [5, 5.41) is 0.900. The van der Waals surface area contributed by atoms with Crippen LogP contribution in [0.25, 0.3) is 0 Å². The van der Waals surface area contributed by atoms with Gasteiger partial charge in [0.1, 0.15) is 12.6 Å². The average Bonchev–Trinajstić information content (AvgIpc) is 2.06. The summed E-state index contributed by atoms with van der Waals surface area (Å²) in [4.78, 5) is 18.0. The standard InChI is InChI=1S/C7H8N2OS/c1-11-7-4-6(2-3-10)8-5-9-7/h3-5H,2H2,1H3. The lowest BCUT2D eigenvalue weighted by atomic mass is 10.3. The highest BCUT2D eigenvalue weighted by Gasteiger charge is 1.95. The maximum Gasteiger partial charge on any atom is 0.125 e. The number of carbonyl (C=O) groups excluding carboxylic acids is 1. The molecule has 1 aromatic heterocycles. The molecule has 1 heterocycles. The minimum atomic E-state index is 0.371. The molecule has 0 bridgehead atoms. The predicted octanol–water partition coefficient (Wildman–Crippen LogP) is 0.940. The van der Waals surface area contributed by atoms with E-state index in [4.69, 9.17) is 0 Å². The molecule has 0 atom stereocenters. The highest BCUT2D eigenvalue weighted by molar-refractivity contribution is 7.98. The molecule has 3 nitrogen and oxygen atoms in total. The van der Waals surface area contributed by atoms with Crippen molar-refractivity contribution in [1.82, 2.24) is 9.97 Å². The molecule has 0 aliphatic heterocycles. The lowest BCUT2D eigenvalue weighted by Crippen LogP contribution is -1.92. The van der Waals surface area contributed by atoms with Gasteiger partial charge in [-0.3, -0.25) is 0 Å². The smallest absolute Gasteiger partial charge is 0.125 e. The molecule has 1 rings (SSSR count). The van der Waals surface area contributed by atoms with Crippen LogP contribution in [0.3, 0.4) is 0 Å². The molecule has 0 aromatic carbocycles. The molecule has 0 saturated heterocycles. The highest BCUT2D eigenvalue weighted by Crippen LogP contribution is 2.10. The number of thioether (sulfide) groups is 1. The number of hydrogen-bond donors (Lipinski definition) is 0. The van der Waals surface area contributed by atoms with Crippen LogP contribution in [0.1, 0.15) is 5.69 Å². The Bertz CT molecular complexity index is 252. The van der Waals surface area contributed by atoms with E-state index in [0.29, 0.717) is 6.42 Å². The van der Waals surface area contributed by atoms with Gasteiger partial charge in [-0.05, 0) is 12.3 Å². The third-order valence-corrected chi connectivity index (χ3v) is 1.84. The first-order valence-electron chi connectivity index (χ1n) is 3.15. The molecular weight excluding hydrogens is 160 g/mol. The zero-order valence-electron chi connectivity index (χ0n) is 6.15. The molecule has 0 N–H and O–H groups in total. The molecule has 11 heavy (non-hydrogen) atoms. The minimum absolute atomic E-state index is 0.371. The van der Waals surface area contributed by atoms with Crippen LogP contribution >= 0.6 is 11.8 Å². The molecule has 0 aliphatic carbocycles. The second-order valence-corrected chi connectivity index (χ2v) is 2.75. The summed E-state index contributed by atoms with van der Waals surface area (Å²) < 4.78 is 0. The SMILES string of the molecule is CSc1cc(CC=O)ncn1. The monoisotopic (exact) mass is 168 g/mol. The van der Waals surface area contributed by atoms with E-state index < -0.39 is 0 Å². The van der Waals surface area contributed by atoms with Crippen molar-refractivity contribution in [3.63, 3.8) is 0 Å². The third kappa shape index (κ3) is 2.31. The lowest BCUT2D eigenvalue weighted by Gasteiger charge is -1.95. The van der Waals surface area contributed by atoms with Crippen LogP contribution in [-0.2, 0) is 11.2 Å². The average molecular weight is 168 g/mol. The fourth-order valence-corrected chi connectivity index (χ4v) is 1.09. The van der Waals surface area contributed by atoms with Gasteiger partial charge in [-0.1, -0.05) is 0 Å². The molecule has 0 fully saturated rings. The Kier molecular flexibility index (Phi) is 3.04. The maximum atomic E-state index is 10.1. The van der Waals surface area contributed by atoms with Crippen molar-refractivity contribution in [2.24, 2.45) is 0 Å². The highest BCUT2D eigenvalue weighted by atomic mass is 32.2. The maximum absolute atomic E-state index is 10.1. The van der Waals surface area contributed by atoms with E-state index in [2.05, 4.69) is 9.97 Å². The van der Waals surface area contributed by atoms with Gasteiger partial charge in [-0.15, -0.1) is 11.8 Å². The van der Waals surface area contributed by atoms with E-state index in [0.717, 1.165) is 17.0 Å². The van der Waals surface area contributed by atoms with E-state index in [1.165, 1.54) is 6.33 Å². The van der Waals surface area contributed by atoms with Crippen molar-refractivity contribution < 1.29 is 4.79 Å². The molecular formula is C7H8N2OS. The fraction of sp³-hybridized carbons (Fsp3) is 0.286.